The molecule has 0 N–H and O–H groups in total. The molecule has 0 bridgehead atoms. The highest BCUT2D eigenvalue weighted by atomic mass is 32.1. The fourth-order valence-corrected chi connectivity index (χ4v) is 4.15. The number of thiophene rings is 1. The SMILES string of the molecule is CC(C)(C)c1ccc2oc(=O)c(C3CCCO3)c(-c3ccsc3)c2c1. The van der Waals surface area contributed by atoms with Crippen LogP contribution in [0, 0.1) is 0 Å². The van der Waals surface area contributed by atoms with Gasteiger partial charge in [0.2, 0.25) is 0 Å². The molecule has 1 aliphatic rings. The van der Waals surface area contributed by atoms with Crippen molar-refractivity contribution < 1.29 is 9.15 Å². The molecule has 0 amide bonds. The summed E-state index contributed by atoms with van der Waals surface area (Å²) in [6.45, 7) is 7.28. The maximum Gasteiger partial charge on any atom is 0.342 e. The Morgan fingerprint density at radius 3 is 2.68 bits per heavy atom. The molecule has 1 unspecified atom stereocenters. The number of ether oxygens (including phenoxy) is 1. The second kappa shape index (κ2) is 6.11. The highest BCUT2D eigenvalue weighted by Crippen LogP contribution is 2.39. The van der Waals surface area contributed by atoms with Crippen molar-refractivity contribution in [3.63, 3.8) is 0 Å². The molecule has 1 atom stereocenters. The summed E-state index contributed by atoms with van der Waals surface area (Å²) in [5, 5.41) is 5.13. The van der Waals surface area contributed by atoms with Crippen LogP contribution in [0.15, 0.2) is 44.2 Å². The summed E-state index contributed by atoms with van der Waals surface area (Å²) < 4.78 is 11.5. The van der Waals surface area contributed by atoms with Crippen molar-refractivity contribution in [3.8, 4) is 11.1 Å². The summed E-state index contributed by atoms with van der Waals surface area (Å²) in [6, 6.07) is 8.21. The van der Waals surface area contributed by atoms with Gasteiger partial charge in [0, 0.05) is 17.6 Å². The molecule has 4 rings (SSSR count). The average Bonchev–Trinajstić information content (AvgIpc) is 3.25. The largest absolute Gasteiger partial charge is 0.422 e. The zero-order valence-corrected chi connectivity index (χ0v) is 15.6. The van der Waals surface area contributed by atoms with Gasteiger partial charge < -0.3 is 9.15 Å². The third-order valence-electron chi connectivity index (χ3n) is 4.87. The van der Waals surface area contributed by atoms with Crippen LogP contribution in [-0.4, -0.2) is 6.61 Å². The number of hydrogen-bond acceptors (Lipinski definition) is 4. The Hall–Kier alpha value is -1.91. The number of rotatable bonds is 2. The van der Waals surface area contributed by atoms with Gasteiger partial charge in [-0.2, -0.15) is 11.3 Å². The van der Waals surface area contributed by atoms with E-state index in [9.17, 15) is 4.79 Å². The molecule has 4 heteroatoms. The molecule has 0 aliphatic carbocycles. The van der Waals surface area contributed by atoms with E-state index in [1.807, 2.05) is 11.4 Å². The summed E-state index contributed by atoms with van der Waals surface area (Å²) in [5.74, 6) is 0. The lowest BCUT2D eigenvalue weighted by molar-refractivity contribution is 0.110. The van der Waals surface area contributed by atoms with Crippen molar-refractivity contribution in [2.75, 3.05) is 6.61 Å². The molecule has 1 fully saturated rings. The molecule has 1 aromatic carbocycles. The highest BCUT2D eigenvalue weighted by Gasteiger charge is 2.28. The van der Waals surface area contributed by atoms with Crippen LogP contribution >= 0.6 is 11.3 Å². The van der Waals surface area contributed by atoms with Gasteiger partial charge in [-0.05, 0) is 58.3 Å². The summed E-state index contributed by atoms with van der Waals surface area (Å²) in [4.78, 5) is 12.8. The maximum atomic E-state index is 12.8. The molecule has 0 radical (unpaired) electrons. The number of fused-ring (bicyclic) bond motifs is 1. The second-order valence-electron chi connectivity index (χ2n) is 7.65. The van der Waals surface area contributed by atoms with E-state index in [0.29, 0.717) is 17.8 Å². The minimum Gasteiger partial charge on any atom is -0.422 e. The van der Waals surface area contributed by atoms with Gasteiger partial charge >= 0.3 is 5.63 Å². The maximum absolute atomic E-state index is 12.8. The molecule has 3 nitrogen and oxygen atoms in total. The van der Waals surface area contributed by atoms with Gasteiger partial charge in [-0.3, -0.25) is 0 Å². The molecule has 0 saturated carbocycles. The van der Waals surface area contributed by atoms with Crippen molar-refractivity contribution in [1.82, 2.24) is 0 Å². The molecule has 3 aromatic rings. The van der Waals surface area contributed by atoms with Gasteiger partial charge in [0.15, 0.2) is 0 Å². The van der Waals surface area contributed by atoms with E-state index >= 15 is 0 Å². The van der Waals surface area contributed by atoms with Crippen LogP contribution in [0.2, 0.25) is 0 Å². The van der Waals surface area contributed by atoms with Crippen LogP contribution in [0.1, 0.15) is 50.8 Å². The molecule has 130 valence electrons. The Kier molecular flexibility index (Phi) is 4.05. The first kappa shape index (κ1) is 16.6. The summed E-state index contributed by atoms with van der Waals surface area (Å²) in [6.07, 6.45) is 1.67. The van der Waals surface area contributed by atoms with Crippen LogP contribution in [0.4, 0.5) is 0 Å². The Bertz CT molecular complexity index is 955. The molecule has 1 saturated heterocycles. The van der Waals surface area contributed by atoms with Gasteiger partial charge in [-0.1, -0.05) is 26.8 Å². The minimum absolute atomic E-state index is 0.0280. The van der Waals surface area contributed by atoms with E-state index in [4.69, 9.17) is 9.15 Å². The Morgan fingerprint density at radius 1 is 1.20 bits per heavy atom. The van der Waals surface area contributed by atoms with Gasteiger partial charge in [-0.25, -0.2) is 4.79 Å². The van der Waals surface area contributed by atoms with Crippen molar-refractivity contribution in [2.45, 2.75) is 45.1 Å². The molecular weight excluding hydrogens is 332 g/mol. The average molecular weight is 354 g/mol. The van der Waals surface area contributed by atoms with Crippen LogP contribution < -0.4 is 5.63 Å². The minimum atomic E-state index is -0.274. The number of benzene rings is 1. The standard InChI is InChI=1S/C21H22O3S/c1-21(2,3)14-6-7-16-15(11-14)18(13-8-10-25-12-13)19(20(22)24-16)17-5-4-9-23-17/h6-8,10-12,17H,4-5,9H2,1-3H3. The van der Waals surface area contributed by atoms with Crippen LogP contribution in [0.5, 0.6) is 0 Å². The lowest BCUT2D eigenvalue weighted by Gasteiger charge is -2.21. The van der Waals surface area contributed by atoms with Gasteiger partial charge in [0.1, 0.15) is 5.58 Å². The van der Waals surface area contributed by atoms with E-state index in [1.54, 1.807) is 11.3 Å². The smallest absolute Gasteiger partial charge is 0.342 e. The highest BCUT2D eigenvalue weighted by molar-refractivity contribution is 7.08. The second-order valence-corrected chi connectivity index (χ2v) is 8.43. The first-order valence-electron chi connectivity index (χ1n) is 8.70. The molecule has 2 aromatic heterocycles. The monoisotopic (exact) mass is 354 g/mol. The third-order valence-corrected chi connectivity index (χ3v) is 5.55. The Morgan fingerprint density at radius 2 is 2.04 bits per heavy atom. The van der Waals surface area contributed by atoms with Crippen molar-refractivity contribution in [1.29, 1.82) is 0 Å². The van der Waals surface area contributed by atoms with Gasteiger partial charge in [0.25, 0.3) is 0 Å². The zero-order valence-electron chi connectivity index (χ0n) is 14.8. The van der Waals surface area contributed by atoms with E-state index in [-0.39, 0.29) is 17.1 Å². The molecule has 1 aliphatic heterocycles. The zero-order chi connectivity index (χ0) is 17.6. The van der Waals surface area contributed by atoms with E-state index in [0.717, 1.165) is 29.4 Å². The molecule has 25 heavy (non-hydrogen) atoms. The molecule has 0 spiro atoms. The van der Waals surface area contributed by atoms with Crippen LogP contribution in [0.3, 0.4) is 0 Å². The van der Waals surface area contributed by atoms with E-state index in [1.165, 1.54) is 5.56 Å². The summed E-state index contributed by atoms with van der Waals surface area (Å²) >= 11 is 1.64. The normalized spacial score (nSPS) is 18.1. The van der Waals surface area contributed by atoms with E-state index < -0.39 is 0 Å². The Labute approximate surface area is 151 Å². The quantitative estimate of drug-likeness (QED) is 0.557. The predicted molar refractivity (Wildman–Crippen MR) is 102 cm³/mol. The van der Waals surface area contributed by atoms with Crippen LogP contribution in [-0.2, 0) is 10.2 Å². The van der Waals surface area contributed by atoms with Crippen LogP contribution in [0.25, 0.3) is 22.1 Å². The first-order chi connectivity index (χ1) is 11.9. The lowest BCUT2D eigenvalue weighted by atomic mass is 9.85. The van der Waals surface area contributed by atoms with Crippen molar-refractivity contribution in [2.24, 2.45) is 0 Å². The Balaban J connectivity index is 2.07. The fourth-order valence-electron chi connectivity index (χ4n) is 3.50. The van der Waals surface area contributed by atoms with Gasteiger partial charge in [-0.15, -0.1) is 0 Å². The molecule has 3 heterocycles. The van der Waals surface area contributed by atoms with Gasteiger partial charge in [0.05, 0.1) is 11.7 Å². The third kappa shape index (κ3) is 2.94. The predicted octanol–water partition coefficient (Wildman–Crippen LogP) is 5.67. The first-order valence-corrected chi connectivity index (χ1v) is 9.65. The van der Waals surface area contributed by atoms with Crippen molar-refractivity contribution >= 4 is 22.3 Å². The molecular formula is C21H22O3S. The van der Waals surface area contributed by atoms with Crippen molar-refractivity contribution in [3.05, 3.63) is 56.6 Å². The topological polar surface area (TPSA) is 39.4 Å². The van der Waals surface area contributed by atoms with E-state index in [2.05, 4.69) is 44.4 Å². The summed E-state index contributed by atoms with van der Waals surface area (Å²) in [5.41, 5.74) is 4.34. The lowest BCUT2D eigenvalue weighted by Crippen LogP contribution is -2.15. The number of hydrogen-bond donors (Lipinski definition) is 0. The summed E-state index contributed by atoms with van der Waals surface area (Å²) in [7, 11) is 0. The fraction of sp³-hybridized carbons (Fsp3) is 0.381.